The lowest BCUT2D eigenvalue weighted by atomic mass is 10.1. The van der Waals surface area contributed by atoms with Crippen LogP contribution < -0.4 is 11.1 Å². The van der Waals surface area contributed by atoms with Gasteiger partial charge in [0.1, 0.15) is 11.3 Å². The lowest BCUT2D eigenvalue weighted by molar-refractivity contribution is 0.0119. The Morgan fingerprint density at radius 2 is 2.00 bits per heavy atom. The molecule has 3 N–H and O–H groups in total. The van der Waals surface area contributed by atoms with Gasteiger partial charge in [0.25, 0.3) is 11.8 Å². The standard InChI is InChI=1S/C12H11F3N4O/c13-7-3-8(10-9(4-7)17-1-2-18-10)11(20)19-6-12(14,15)5-16/h1-4H,5-6,16H2,(H,19,20). The van der Waals surface area contributed by atoms with E-state index in [1.807, 2.05) is 5.32 Å². The number of alkyl halides is 2. The van der Waals surface area contributed by atoms with Crippen LogP contribution in [-0.2, 0) is 0 Å². The molecule has 1 heterocycles. The van der Waals surface area contributed by atoms with Gasteiger partial charge in [-0.15, -0.1) is 0 Å². The van der Waals surface area contributed by atoms with Gasteiger partial charge in [0.05, 0.1) is 24.2 Å². The molecule has 106 valence electrons. The van der Waals surface area contributed by atoms with E-state index in [0.717, 1.165) is 12.1 Å². The third kappa shape index (κ3) is 3.02. The summed E-state index contributed by atoms with van der Waals surface area (Å²) < 4.78 is 39.3. The third-order valence-corrected chi connectivity index (χ3v) is 2.59. The smallest absolute Gasteiger partial charge is 0.277 e. The molecule has 5 nitrogen and oxygen atoms in total. The number of hydrogen-bond acceptors (Lipinski definition) is 4. The van der Waals surface area contributed by atoms with E-state index in [-0.39, 0.29) is 16.6 Å². The zero-order valence-corrected chi connectivity index (χ0v) is 10.2. The predicted molar refractivity (Wildman–Crippen MR) is 65.8 cm³/mol. The van der Waals surface area contributed by atoms with Gasteiger partial charge in [0.15, 0.2) is 0 Å². The van der Waals surface area contributed by atoms with Crippen molar-refractivity contribution in [3.63, 3.8) is 0 Å². The quantitative estimate of drug-likeness (QED) is 0.880. The van der Waals surface area contributed by atoms with Crippen molar-refractivity contribution < 1.29 is 18.0 Å². The van der Waals surface area contributed by atoms with Crippen molar-refractivity contribution in [2.45, 2.75) is 5.92 Å². The number of benzene rings is 1. The molecule has 8 heteroatoms. The van der Waals surface area contributed by atoms with E-state index >= 15 is 0 Å². The summed E-state index contributed by atoms with van der Waals surface area (Å²) >= 11 is 0. The minimum Gasteiger partial charge on any atom is -0.346 e. The number of amides is 1. The molecule has 2 aromatic rings. The summed E-state index contributed by atoms with van der Waals surface area (Å²) in [5.41, 5.74) is 5.02. The van der Waals surface area contributed by atoms with Crippen LogP contribution in [-0.4, -0.2) is 34.9 Å². The summed E-state index contributed by atoms with van der Waals surface area (Å²) in [6, 6.07) is 2.03. The Kier molecular flexibility index (Phi) is 3.84. The van der Waals surface area contributed by atoms with Crippen LogP contribution in [0.2, 0.25) is 0 Å². The van der Waals surface area contributed by atoms with Crippen LogP contribution in [0.1, 0.15) is 10.4 Å². The molecule has 0 spiro atoms. The number of fused-ring (bicyclic) bond motifs is 1. The third-order valence-electron chi connectivity index (χ3n) is 2.59. The summed E-state index contributed by atoms with van der Waals surface area (Å²) in [6.45, 7) is -1.82. The van der Waals surface area contributed by atoms with E-state index in [4.69, 9.17) is 5.73 Å². The molecule has 0 atom stereocenters. The second-order valence-corrected chi connectivity index (χ2v) is 4.12. The summed E-state index contributed by atoms with van der Waals surface area (Å²) in [5, 5.41) is 2.01. The van der Waals surface area contributed by atoms with E-state index in [2.05, 4.69) is 9.97 Å². The van der Waals surface area contributed by atoms with Crippen molar-refractivity contribution >= 4 is 16.9 Å². The predicted octanol–water partition coefficient (Wildman–Crippen LogP) is 1.09. The van der Waals surface area contributed by atoms with Gasteiger partial charge in [-0.05, 0) is 6.07 Å². The largest absolute Gasteiger partial charge is 0.346 e. The van der Waals surface area contributed by atoms with Crippen LogP contribution in [0.5, 0.6) is 0 Å². The van der Waals surface area contributed by atoms with Gasteiger partial charge in [0, 0.05) is 18.5 Å². The molecule has 0 saturated heterocycles. The summed E-state index contributed by atoms with van der Waals surface area (Å²) in [7, 11) is 0. The zero-order chi connectivity index (χ0) is 14.8. The van der Waals surface area contributed by atoms with Crippen LogP contribution in [0.4, 0.5) is 13.2 Å². The molecule has 0 radical (unpaired) electrons. The van der Waals surface area contributed by atoms with Crippen LogP contribution in [0.25, 0.3) is 11.0 Å². The molecule has 0 aliphatic carbocycles. The SMILES string of the molecule is NCC(F)(F)CNC(=O)c1cc(F)cc2nccnc12. The molecule has 1 amide bonds. The molecule has 0 fully saturated rings. The van der Waals surface area contributed by atoms with E-state index in [1.165, 1.54) is 12.4 Å². The van der Waals surface area contributed by atoms with Crippen molar-refractivity contribution in [2.75, 3.05) is 13.1 Å². The highest BCUT2D eigenvalue weighted by molar-refractivity contribution is 6.04. The molecule has 0 aliphatic rings. The lowest BCUT2D eigenvalue weighted by Crippen LogP contribution is -2.41. The second-order valence-electron chi connectivity index (χ2n) is 4.12. The Morgan fingerprint density at radius 3 is 2.70 bits per heavy atom. The highest BCUT2D eigenvalue weighted by atomic mass is 19.3. The van der Waals surface area contributed by atoms with Crippen molar-refractivity contribution in [3.8, 4) is 0 Å². The highest BCUT2D eigenvalue weighted by Crippen LogP contribution is 2.17. The van der Waals surface area contributed by atoms with Crippen molar-refractivity contribution in [1.82, 2.24) is 15.3 Å². The van der Waals surface area contributed by atoms with Gasteiger partial charge in [-0.25, -0.2) is 13.2 Å². The Labute approximate surface area is 112 Å². The average Bonchev–Trinajstić information content (AvgIpc) is 2.44. The van der Waals surface area contributed by atoms with Crippen LogP contribution >= 0.6 is 0 Å². The number of carbonyl (C=O) groups is 1. The van der Waals surface area contributed by atoms with Gasteiger partial charge in [-0.2, -0.15) is 0 Å². The number of carbonyl (C=O) groups excluding carboxylic acids is 1. The normalized spacial score (nSPS) is 11.6. The lowest BCUT2D eigenvalue weighted by Gasteiger charge is -2.14. The van der Waals surface area contributed by atoms with Crippen molar-refractivity contribution in [2.24, 2.45) is 5.73 Å². The Hall–Kier alpha value is -2.22. The number of rotatable bonds is 4. The monoisotopic (exact) mass is 284 g/mol. The first-order valence-electron chi connectivity index (χ1n) is 5.69. The number of nitrogens with one attached hydrogen (secondary N) is 1. The average molecular weight is 284 g/mol. The van der Waals surface area contributed by atoms with Crippen LogP contribution in [0.15, 0.2) is 24.5 Å². The number of halogens is 3. The number of nitrogens with two attached hydrogens (primary N) is 1. The molecule has 0 saturated carbocycles. The maximum Gasteiger partial charge on any atom is 0.277 e. The van der Waals surface area contributed by atoms with E-state index in [0.29, 0.717) is 0 Å². The van der Waals surface area contributed by atoms with E-state index < -0.39 is 30.7 Å². The maximum absolute atomic E-state index is 13.4. The van der Waals surface area contributed by atoms with Gasteiger partial charge in [-0.1, -0.05) is 0 Å². The molecule has 2 rings (SSSR count). The topological polar surface area (TPSA) is 80.9 Å². The summed E-state index contributed by atoms with van der Waals surface area (Å²) in [6.07, 6.45) is 2.66. The molecule has 20 heavy (non-hydrogen) atoms. The highest BCUT2D eigenvalue weighted by Gasteiger charge is 2.27. The van der Waals surface area contributed by atoms with E-state index in [9.17, 15) is 18.0 Å². The Balaban J connectivity index is 2.30. The van der Waals surface area contributed by atoms with Gasteiger partial charge >= 0.3 is 0 Å². The Bertz CT molecular complexity index is 648. The molecule has 1 aromatic carbocycles. The van der Waals surface area contributed by atoms with Crippen molar-refractivity contribution in [1.29, 1.82) is 0 Å². The fraction of sp³-hybridized carbons (Fsp3) is 0.250. The number of nitrogens with zero attached hydrogens (tertiary/aromatic N) is 2. The molecule has 0 bridgehead atoms. The van der Waals surface area contributed by atoms with Gasteiger partial charge in [-0.3, -0.25) is 14.8 Å². The summed E-state index contributed by atoms with van der Waals surface area (Å²) in [5.74, 6) is -4.78. The molecular weight excluding hydrogens is 273 g/mol. The fourth-order valence-corrected chi connectivity index (χ4v) is 1.59. The Morgan fingerprint density at radius 1 is 1.30 bits per heavy atom. The van der Waals surface area contributed by atoms with Crippen molar-refractivity contribution in [3.05, 3.63) is 35.9 Å². The first-order valence-corrected chi connectivity index (χ1v) is 5.69. The van der Waals surface area contributed by atoms with Gasteiger partial charge in [0.2, 0.25) is 0 Å². The summed E-state index contributed by atoms with van der Waals surface area (Å²) in [4.78, 5) is 19.6. The minimum absolute atomic E-state index is 0.141. The maximum atomic E-state index is 13.4. The molecule has 0 unspecified atom stereocenters. The zero-order valence-electron chi connectivity index (χ0n) is 10.2. The van der Waals surface area contributed by atoms with Crippen LogP contribution in [0.3, 0.4) is 0 Å². The first kappa shape index (κ1) is 14.2. The molecular formula is C12H11F3N4O. The second kappa shape index (κ2) is 5.41. The number of hydrogen-bond donors (Lipinski definition) is 2. The minimum atomic E-state index is -3.22. The van der Waals surface area contributed by atoms with Crippen LogP contribution in [0, 0.1) is 5.82 Å². The van der Waals surface area contributed by atoms with Gasteiger partial charge < -0.3 is 11.1 Å². The van der Waals surface area contributed by atoms with E-state index in [1.54, 1.807) is 0 Å². The number of aromatic nitrogens is 2. The first-order chi connectivity index (χ1) is 9.43. The molecule has 1 aromatic heterocycles. The molecule has 0 aliphatic heterocycles. The fourth-order valence-electron chi connectivity index (χ4n) is 1.59.